The van der Waals surface area contributed by atoms with Crippen LogP contribution in [0.2, 0.25) is 0 Å². The Morgan fingerprint density at radius 3 is 2.76 bits per heavy atom. The second-order valence-electron chi connectivity index (χ2n) is 5.58. The second-order valence-corrected chi connectivity index (χ2v) is 5.58. The summed E-state index contributed by atoms with van der Waals surface area (Å²) < 4.78 is 5.14. The number of piperidine rings is 1. The Morgan fingerprint density at radius 2 is 2.14 bits per heavy atom. The average Bonchev–Trinajstić information content (AvgIpc) is 2.52. The number of benzene rings is 1. The molecule has 5 nitrogen and oxygen atoms in total. The first-order valence-electron chi connectivity index (χ1n) is 7.39. The van der Waals surface area contributed by atoms with Gasteiger partial charge < -0.3 is 20.3 Å². The highest BCUT2D eigenvalue weighted by Gasteiger charge is 2.23. The Bertz CT molecular complexity index is 503. The van der Waals surface area contributed by atoms with E-state index < -0.39 is 0 Å². The quantitative estimate of drug-likeness (QED) is 0.835. The molecule has 2 rings (SSSR count). The molecule has 5 heteroatoms. The molecule has 0 aliphatic carbocycles. The van der Waals surface area contributed by atoms with E-state index in [4.69, 9.17) is 10.5 Å². The number of hydrogen-bond donors (Lipinski definition) is 1. The van der Waals surface area contributed by atoms with Crippen molar-refractivity contribution in [2.45, 2.75) is 18.9 Å². The third kappa shape index (κ3) is 3.87. The number of rotatable bonds is 5. The van der Waals surface area contributed by atoms with E-state index >= 15 is 0 Å². The van der Waals surface area contributed by atoms with Gasteiger partial charge in [0, 0.05) is 38.5 Å². The van der Waals surface area contributed by atoms with Gasteiger partial charge in [0.25, 0.3) is 0 Å². The monoisotopic (exact) mass is 288 g/mol. The predicted octanol–water partition coefficient (Wildman–Crippen LogP) is 1.69. The van der Waals surface area contributed by atoms with E-state index in [0.717, 1.165) is 44.8 Å². The van der Waals surface area contributed by atoms with Crippen LogP contribution in [0.15, 0.2) is 18.2 Å². The molecule has 1 heterocycles. The van der Waals surface area contributed by atoms with Crippen LogP contribution in [0.1, 0.15) is 18.4 Å². The number of nitrogens with two attached hydrogens (primary N) is 1. The molecule has 1 saturated heterocycles. The lowest BCUT2D eigenvalue weighted by Crippen LogP contribution is -2.44. The molecule has 0 unspecified atom stereocenters. The highest BCUT2D eigenvalue weighted by atomic mass is 16.5. The SMILES string of the molecule is COCCN(C)C1CCN(c2ccc(N)cc2C#N)CC1. The molecule has 114 valence electrons. The maximum atomic E-state index is 9.26. The van der Waals surface area contributed by atoms with Crippen LogP contribution in [0, 0.1) is 11.3 Å². The highest BCUT2D eigenvalue weighted by Crippen LogP contribution is 2.26. The van der Waals surface area contributed by atoms with E-state index in [2.05, 4.69) is 22.9 Å². The lowest BCUT2D eigenvalue weighted by molar-refractivity contribution is 0.128. The minimum absolute atomic E-state index is 0.593. The van der Waals surface area contributed by atoms with Crippen LogP contribution in [-0.2, 0) is 4.74 Å². The van der Waals surface area contributed by atoms with Crippen molar-refractivity contribution in [3.8, 4) is 6.07 Å². The van der Waals surface area contributed by atoms with Gasteiger partial charge >= 0.3 is 0 Å². The van der Waals surface area contributed by atoms with Crippen molar-refractivity contribution in [2.75, 3.05) is 51.0 Å². The molecular weight excluding hydrogens is 264 g/mol. The number of likely N-dealkylation sites (N-methyl/N-ethyl adjacent to an activating group) is 1. The van der Waals surface area contributed by atoms with Crippen molar-refractivity contribution in [3.63, 3.8) is 0 Å². The largest absolute Gasteiger partial charge is 0.399 e. The first-order valence-corrected chi connectivity index (χ1v) is 7.39. The van der Waals surface area contributed by atoms with Crippen LogP contribution in [0.4, 0.5) is 11.4 Å². The standard InChI is InChI=1S/C16H24N4O/c1-19(9-10-21-2)15-5-7-20(8-6-15)16-4-3-14(18)11-13(16)12-17/h3-4,11,15H,5-10,18H2,1-2H3. The van der Waals surface area contributed by atoms with Crippen molar-refractivity contribution in [2.24, 2.45) is 0 Å². The van der Waals surface area contributed by atoms with Crippen LogP contribution in [0.5, 0.6) is 0 Å². The summed E-state index contributed by atoms with van der Waals surface area (Å²) in [6, 6.07) is 8.43. The average molecular weight is 288 g/mol. The molecule has 2 N–H and O–H groups in total. The maximum Gasteiger partial charge on any atom is 0.101 e. The van der Waals surface area contributed by atoms with Gasteiger partial charge in [-0.3, -0.25) is 0 Å². The van der Waals surface area contributed by atoms with Gasteiger partial charge in [-0.25, -0.2) is 0 Å². The van der Waals surface area contributed by atoms with Crippen LogP contribution in [-0.4, -0.2) is 51.3 Å². The van der Waals surface area contributed by atoms with Gasteiger partial charge in [0.2, 0.25) is 0 Å². The first kappa shape index (κ1) is 15.6. The lowest BCUT2D eigenvalue weighted by Gasteiger charge is -2.38. The minimum Gasteiger partial charge on any atom is -0.399 e. The number of nitriles is 1. The van der Waals surface area contributed by atoms with Gasteiger partial charge in [-0.15, -0.1) is 0 Å². The Hall–Kier alpha value is -1.77. The number of ether oxygens (including phenoxy) is 1. The summed E-state index contributed by atoms with van der Waals surface area (Å²) >= 11 is 0. The van der Waals surface area contributed by atoms with Gasteiger partial charge in [0.05, 0.1) is 17.9 Å². The lowest BCUT2D eigenvalue weighted by atomic mass is 10.0. The van der Waals surface area contributed by atoms with Crippen LogP contribution in [0.25, 0.3) is 0 Å². The molecule has 1 aliphatic heterocycles. The van der Waals surface area contributed by atoms with Crippen molar-refractivity contribution in [1.29, 1.82) is 5.26 Å². The van der Waals surface area contributed by atoms with Gasteiger partial charge in [0.1, 0.15) is 6.07 Å². The fraction of sp³-hybridized carbons (Fsp3) is 0.562. The fourth-order valence-corrected chi connectivity index (χ4v) is 2.88. The molecule has 0 spiro atoms. The van der Waals surface area contributed by atoms with E-state index in [1.807, 2.05) is 12.1 Å². The molecular formula is C16H24N4O. The maximum absolute atomic E-state index is 9.26. The third-order valence-corrected chi connectivity index (χ3v) is 4.22. The van der Waals surface area contributed by atoms with Gasteiger partial charge in [-0.05, 0) is 38.1 Å². The fourth-order valence-electron chi connectivity index (χ4n) is 2.88. The number of hydrogen-bond acceptors (Lipinski definition) is 5. The summed E-state index contributed by atoms with van der Waals surface area (Å²) in [5.74, 6) is 0. The Balaban J connectivity index is 1.97. The van der Waals surface area contributed by atoms with Crippen molar-refractivity contribution in [1.82, 2.24) is 4.90 Å². The zero-order chi connectivity index (χ0) is 15.2. The predicted molar refractivity (Wildman–Crippen MR) is 85.3 cm³/mol. The van der Waals surface area contributed by atoms with Crippen molar-refractivity contribution >= 4 is 11.4 Å². The summed E-state index contributed by atoms with van der Waals surface area (Å²) in [7, 11) is 3.89. The Morgan fingerprint density at radius 1 is 1.43 bits per heavy atom. The zero-order valence-electron chi connectivity index (χ0n) is 12.9. The first-order chi connectivity index (χ1) is 10.2. The van der Waals surface area contributed by atoms with Crippen LogP contribution in [0.3, 0.4) is 0 Å². The zero-order valence-corrected chi connectivity index (χ0v) is 12.9. The molecule has 1 aromatic rings. The summed E-state index contributed by atoms with van der Waals surface area (Å²) in [6.45, 7) is 3.68. The molecule has 0 bridgehead atoms. The van der Waals surface area contributed by atoms with Crippen molar-refractivity contribution in [3.05, 3.63) is 23.8 Å². The smallest absolute Gasteiger partial charge is 0.101 e. The van der Waals surface area contributed by atoms with Crippen LogP contribution >= 0.6 is 0 Å². The molecule has 21 heavy (non-hydrogen) atoms. The van der Waals surface area contributed by atoms with E-state index in [9.17, 15) is 5.26 Å². The Labute approximate surface area is 126 Å². The normalized spacial score (nSPS) is 16.2. The molecule has 1 aliphatic rings. The van der Waals surface area contributed by atoms with E-state index in [1.54, 1.807) is 13.2 Å². The van der Waals surface area contributed by atoms with E-state index in [0.29, 0.717) is 17.3 Å². The summed E-state index contributed by atoms with van der Waals surface area (Å²) in [5, 5.41) is 9.26. The van der Waals surface area contributed by atoms with Gasteiger partial charge in [0.15, 0.2) is 0 Å². The highest BCUT2D eigenvalue weighted by molar-refractivity contribution is 5.64. The third-order valence-electron chi connectivity index (χ3n) is 4.22. The number of nitrogen functional groups attached to an aromatic ring is 1. The molecule has 0 radical (unpaired) electrons. The molecule has 1 aromatic carbocycles. The molecule has 0 aromatic heterocycles. The van der Waals surface area contributed by atoms with Crippen molar-refractivity contribution < 1.29 is 4.74 Å². The summed E-state index contributed by atoms with van der Waals surface area (Å²) in [4.78, 5) is 4.66. The number of methoxy groups -OCH3 is 1. The Kier molecular flexibility index (Phi) is 5.43. The molecule has 0 amide bonds. The van der Waals surface area contributed by atoms with E-state index in [-0.39, 0.29) is 0 Å². The molecule has 0 atom stereocenters. The molecule has 1 fully saturated rings. The molecule has 0 saturated carbocycles. The second kappa shape index (κ2) is 7.30. The number of anilines is 2. The summed E-state index contributed by atoms with van der Waals surface area (Å²) in [5.41, 5.74) is 8.07. The minimum atomic E-state index is 0.593. The van der Waals surface area contributed by atoms with E-state index in [1.165, 1.54) is 0 Å². The number of nitrogens with zero attached hydrogens (tertiary/aromatic N) is 3. The topological polar surface area (TPSA) is 65.5 Å². The van der Waals surface area contributed by atoms with Crippen LogP contribution < -0.4 is 10.6 Å². The van der Waals surface area contributed by atoms with Gasteiger partial charge in [-0.2, -0.15) is 5.26 Å². The van der Waals surface area contributed by atoms with Gasteiger partial charge in [-0.1, -0.05) is 0 Å². The summed E-state index contributed by atoms with van der Waals surface area (Å²) in [6.07, 6.45) is 2.21.